The second-order valence-corrected chi connectivity index (χ2v) is 3.48. The summed E-state index contributed by atoms with van der Waals surface area (Å²) < 4.78 is 0. The van der Waals surface area contributed by atoms with Gasteiger partial charge in [0, 0.05) is 4.88 Å². The van der Waals surface area contributed by atoms with Crippen LogP contribution < -0.4 is 0 Å². The molecule has 0 aliphatic rings. The van der Waals surface area contributed by atoms with Gasteiger partial charge in [-0.2, -0.15) is 0 Å². The van der Waals surface area contributed by atoms with Crippen LogP contribution in [0.1, 0.15) is 17.7 Å². The van der Waals surface area contributed by atoms with Crippen molar-refractivity contribution >= 4 is 11.3 Å². The van der Waals surface area contributed by atoms with Crippen molar-refractivity contribution in [2.75, 3.05) is 0 Å². The van der Waals surface area contributed by atoms with E-state index in [2.05, 4.69) is 30.5 Å². The van der Waals surface area contributed by atoms with Gasteiger partial charge in [0.1, 0.15) is 0 Å². The van der Waals surface area contributed by atoms with E-state index in [4.69, 9.17) is 0 Å². The molecular weight excluding hydrogens is 152 g/mol. The minimum atomic E-state index is 1.15. The monoisotopic (exact) mass is 165 g/mol. The molecule has 1 radical (unpaired) electrons. The Balaban J connectivity index is 2.14. The first-order valence-corrected chi connectivity index (χ1v) is 4.78. The van der Waals surface area contributed by atoms with Crippen LogP contribution in [0.25, 0.3) is 0 Å². The Morgan fingerprint density at radius 1 is 1.55 bits per heavy atom. The van der Waals surface area contributed by atoms with E-state index in [1.807, 2.05) is 17.4 Å². The molecule has 59 valence electrons. The van der Waals surface area contributed by atoms with Crippen molar-refractivity contribution in [1.29, 1.82) is 0 Å². The van der Waals surface area contributed by atoms with Gasteiger partial charge >= 0.3 is 0 Å². The molecule has 11 heavy (non-hydrogen) atoms. The van der Waals surface area contributed by atoms with Crippen LogP contribution in [0, 0.1) is 6.92 Å². The van der Waals surface area contributed by atoms with Gasteiger partial charge in [-0.15, -0.1) is 11.3 Å². The zero-order chi connectivity index (χ0) is 7.94. The summed E-state index contributed by atoms with van der Waals surface area (Å²) in [5.74, 6) is 0. The molecule has 0 unspecified atom stereocenters. The van der Waals surface area contributed by atoms with Gasteiger partial charge in [-0.1, -0.05) is 18.2 Å². The summed E-state index contributed by atoms with van der Waals surface area (Å²) in [4.78, 5) is 1.49. The fourth-order valence-corrected chi connectivity index (χ4v) is 1.72. The molecule has 0 bridgehead atoms. The molecule has 1 rings (SSSR count). The average Bonchev–Trinajstić information content (AvgIpc) is 2.50. The lowest BCUT2D eigenvalue weighted by atomic mass is 10.2. The van der Waals surface area contributed by atoms with Crippen molar-refractivity contribution in [2.45, 2.75) is 19.3 Å². The average molecular weight is 165 g/mol. The Hall–Kier alpha value is -0.560. The maximum absolute atomic E-state index is 3.64. The number of rotatable bonds is 4. The molecule has 0 N–H and O–H groups in total. The highest BCUT2D eigenvalue weighted by atomic mass is 32.1. The summed E-state index contributed by atoms with van der Waals surface area (Å²) in [6, 6.07) is 4.30. The normalized spacial score (nSPS) is 11.0. The highest BCUT2D eigenvalue weighted by Gasteiger charge is 1.90. The first-order chi connectivity index (χ1) is 5.43. The summed E-state index contributed by atoms with van der Waals surface area (Å²) in [6.45, 7) is 3.64. The zero-order valence-electron chi connectivity index (χ0n) is 6.62. The number of hydrogen-bond acceptors (Lipinski definition) is 1. The molecule has 1 aromatic heterocycles. The molecule has 0 fully saturated rings. The van der Waals surface area contributed by atoms with Gasteiger partial charge in [0.25, 0.3) is 0 Å². The van der Waals surface area contributed by atoms with E-state index in [0.29, 0.717) is 0 Å². The quantitative estimate of drug-likeness (QED) is 0.599. The SMILES string of the molecule is [CH2]C=CCCCc1cccs1. The summed E-state index contributed by atoms with van der Waals surface area (Å²) in [5, 5.41) is 2.13. The highest BCUT2D eigenvalue weighted by molar-refractivity contribution is 7.09. The molecule has 0 aliphatic carbocycles. The van der Waals surface area contributed by atoms with Crippen molar-refractivity contribution in [1.82, 2.24) is 0 Å². The Labute approximate surface area is 72.6 Å². The van der Waals surface area contributed by atoms with Gasteiger partial charge in [0.15, 0.2) is 0 Å². The van der Waals surface area contributed by atoms with Gasteiger partial charge in [0.2, 0.25) is 0 Å². The van der Waals surface area contributed by atoms with E-state index in [0.717, 1.165) is 6.42 Å². The third kappa shape index (κ3) is 3.38. The maximum atomic E-state index is 3.64. The van der Waals surface area contributed by atoms with Crippen LogP contribution in [-0.2, 0) is 6.42 Å². The van der Waals surface area contributed by atoms with Gasteiger partial charge in [-0.05, 0) is 37.6 Å². The van der Waals surface area contributed by atoms with Crippen molar-refractivity contribution in [2.24, 2.45) is 0 Å². The fraction of sp³-hybridized carbons (Fsp3) is 0.300. The van der Waals surface area contributed by atoms with Gasteiger partial charge < -0.3 is 0 Å². The van der Waals surface area contributed by atoms with E-state index < -0.39 is 0 Å². The lowest BCUT2D eigenvalue weighted by Crippen LogP contribution is -1.77. The Kier molecular flexibility index (Phi) is 3.99. The van der Waals surface area contributed by atoms with Gasteiger partial charge in [-0.25, -0.2) is 0 Å². The minimum absolute atomic E-state index is 1.15. The van der Waals surface area contributed by atoms with Crippen molar-refractivity contribution in [3.8, 4) is 0 Å². The number of unbranched alkanes of at least 4 members (excludes halogenated alkanes) is 1. The predicted molar refractivity (Wildman–Crippen MR) is 51.8 cm³/mol. The molecule has 1 heteroatoms. The third-order valence-electron chi connectivity index (χ3n) is 1.54. The van der Waals surface area contributed by atoms with Crippen molar-refractivity contribution in [3.63, 3.8) is 0 Å². The smallest absolute Gasteiger partial charge is 0.00453 e. The molecule has 1 aromatic rings. The summed E-state index contributed by atoms with van der Waals surface area (Å²) in [6.07, 6.45) is 7.60. The van der Waals surface area contributed by atoms with Crippen molar-refractivity contribution in [3.05, 3.63) is 41.5 Å². The van der Waals surface area contributed by atoms with E-state index in [-0.39, 0.29) is 0 Å². The molecular formula is C10H13S. The molecule has 0 saturated heterocycles. The Bertz CT molecular complexity index is 197. The van der Waals surface area contributed by atoms with Crippen molar-refractivity contribution < 1.29 is 0 Å². The van der Waals surface area contributed by atoms with E-state index >= 15 is 0 Å². The molecule has 0 nitrogen and oxygen atoms in total. The van der Waals surface area contributed by atoms with Crippen LogP contribution >= 0.6 is 11.3 Å². The van der Waals surface area contributed by atoms with Crippen LogP contribution in [-0.4, -0.2) is 0 Å². The lowest BCUT2D eigenvalue weighted by molar-refractivity contribution is 0.855. The Morgan fingerprint density at radius 2 is 2.45 bits per heavy atom. The zero-order valence-corrected chi connectivity index (χ0v) is 7.44. The standard InChI is InChI=1S/C10H13S/c1-2-3-4-5-7-10-8-6-9-11-10/h2-3,6,8-9H,1,4-5,7H2. The first-order valence-electron chi connectivity index (χ1n) is 3.90. The fourth-order valence-electron chi connectivity index (χ4n) is 0.967. The summed E-state index contributed by atoms with van der Waals surface area (Å²) in [7, 11) is 0. The van der Waals surface area contributed by atoms with Crippen LogP contribution in [0.2, 0.25) is 0 Å². The minimum Gasteiger partial charge on any atom is -0.149 e. The summed E-state index contributed by atoms with van der Waals surface area (Å²) >= 11 is 1.84. The molecule has 0 aliphatic heterocycles. The molecule has 0 amide bonds. The lowest BCUT2D eigenvalue weighted by Gasteiger charge is -1.92. The number of hydrogen-bond donors (Lipinski definition) is 0. The van der Waals surface area contributed by atoms with Gasteiger partial charge in [-0.3, -0.25) is 0 Å². The van der Waals surface area contributed by atoms with Crippen LogP contribution in [0.5, 0.6) is 0 Å². The van der Waals surface area contributed by atoms with Crippen LogP contribution in [0.4, 0.5) is 0 Å². The first kappa shape index (κ1) is 8.54. The molecule has 0 aromatic carbocycles. The number of allylic oxidation sites excluding steroid dienone is 2. The number of thiophene rings is 1. The molecule has 1 heterocycles. The second-order valence-electron chi connectivity index (χ2n) is 2.44. The Morgan fingerprint density at radius 3 is 3.09 bits per heavy atom. The molecule has 0 saturated carbocycles. The van der Waals surface area contributed by atoms with Crippen LogP contribution in [0.15, 0.2) is 29.7 Å². The highest BCUT2D eigenvalue weighted by Crippen LogP contribution is 2.11. The second kappa shape index (κ2) is 5.14. The number of aryl methyl sites for hydroxylation is 1. The topological polar surface area (TPSA) is 0 Å². The largest absolute Gasteiger partial charge is 0.149 e. The van der Waals surface area contributed by atoms with Crippen LogP contribution in [0.3, 0.4) is 0 Å². The molecule has 0 atom stereocenters. The predicted octanol–water partition coefficient (Wildman–Crippen LogP) is 3.46. The van der Waals surface area contributed by atoms with E-state index in [1.54, 1.807) is 0 Å². The molecule has 0 spiro atoms. The van der Waals surface area contributed by atoms with E-state index in [1.165, 1.54) is 17.7 Å². The summed E-state index contributed by atoms with van der Waals surface area (Å²) in [5.41, 5.74) is 0. The maximum Gasteiger partial charge on any atom is 0.00453 e. The van der Waals surface area contributed by atoms with E-state index in [9.17, 15) is 0 Å². The van der Waals surface area contributed by atoms with Gasteiger partial charge in [0.05, 0.1) is 0 Å². The third-order valence-corrected chi connectivity index (χ3v) is 2.48.